The molecule has 3 aromatic rings. The van der Waals surface area contributed by atoms with Gasteiger partial charge in [-0.25, -0.2) is 9.78 Å². The highest BCUT2D eigenvalue weighted by Gasteiger charge is 2.28. The molecule has 0 saturated carbocycles. The van der Waals surface area contributed by atoms with E-state index < -0.39 is 24.0 Å². The number of nitrogens with one attached hydrogen (secondary N) is 2. The number of carboxylic acid groups (broad SMARTS) is 1. The van der Waals surface area contributed by atoms with Gasteiger partial charge in [0, 0.05) is 5.39 Å². The second kappa shape index (κ2) is 7.55. The Balaban J connectivity index is 1.82. The molecule has 2 heterocycles. The SMILES string of the molecule is O=C(N[C@H](Cc1ccccc1)[C@H](O)C(=O)O)c1cc2cc(Cl)ncc2[nH]1. The Morgan fingerprint density at radius 2 is 1.96 bits per heavy atom. The molecule has 4 N–H and O–H groups in total. The van der Waals surface area contributed by atoms with Crippen molar-refractivity contribution in [2.45, 2.75) is 18.6 Å². The molecule has 0 aliphatic carbocycles. The molecule has 0 radical (unpaired) electrons. The summed E-state index contributed by atoms with van der Waals surface area (Å²) < 4.78 is 0. The molecule has 1 aromatic carbocycles. The van der Waals surface area contributed by atoms with E-state index in [0.717, 1.165) is 5.56 Å². The molecule has 0 saturated heterocycles. The molecule has 0 unspecified atom stereocenters. The Hall–Kier alpha value is -2.90. The summed E-state index contributed by atoms with van der Waals surface area (Å²) in [6, 6.07) is 11.2. The average molecular weight is 374 g/mol. The number of aliphatic carboxylic acids is 1. The predicted molar refractivity (Wildman–Crippen MR) is 96.1 cm³/mol. The van der Waals surface area contributed by atoms with E-state index in [1.54, 1.807) is 36.4 Å². The van der Waals surface area contributed by atoms with Crippen molar-refractivity contribution < 1.29 is 19.8 Å². The van der Waals surface area contributed by atoms with Gasteiger partial charge in [0.2, 0.25) is 0 Å². The van der Waals surface area contributed by atoms with Gasteiger partial charge in [0.1, 0.15) is 10.8 Å². The Kier molecular flexibility index (Phi) is 5.20. The van der Waals surface area contributed by atoms with Gasteiger partial charge in [0.25, 0.3) is 5.91 Å². The normalized spacial score (nSPS) is 13.3. The van der Waals surface area contributed by atoms with Crippen LogP contribution in [0.3, 0.4) is 0 Å². The number of aromatic nitrogens is 2. The van der Waals surface area contributed by atoms with Crippen LogP contribution in [0.1, 0.15) is 16.1 Å². The number of H-pyrrole nitrogens is 1. The van der Waals surface area contributed by atoms with Crippen molar-refractivity contribution in [2.24, 2.45) is 0 Å². The number of rotatable bonds is 6. The van der Waals surface area contributed by atoms with Crippen molar-refractivity contribution in [1.29, 1.82) is 0 Å². The molecular weight excluding hydrogens is 358 g/mol. The fourth-order valence-electron chi connectivity index (χ4n) is 2.65. The molecule has 8 heteroatoms. The quantitative estimate of drug-likeness (QED) is 0.493. The van der Waals surface area contributed by atoms with Gasteiger partial charge in [-0.05, 0) is 24.1 Å². The van der Waals surface area contributed by atoms with Crippen LogP contribution in [0.5, 0.6) is 0 Å². The zero-order valence-corrected chi connectivity index (χ0v) is 14.3. The van der Waals surface area contributed by atoms with E-state index in [-0.39, 0.29) is 12.1 Å². The molecule has 2 aromatic heterocycles. The lowest BCUT2D eigenvalue weighted by Gasteiger charge is -2.21. The maximum Gasteiger partial charge on any atom is 0.334 e. The van der Waals surface area contributed by atoms with Crippen LogP contribution in [0.25, 0.3) is 10.9 Å². The molecule has 7 nitrogen and oxygen atoms in total. The minimum Gasteiger partial charge on any atom is -0.479 e. The van der Waals surface area contributed by atoms with E-state index >= 15 is 0 Å². The number of carboxylic acids is 1. The topological polar surface area (TPSA) is 115 Å². The molecule has 0 bridgehead atoms. The Morgan fingerprint density at radius 3 is 2.65 bits per heavy atom. The van der Waals surface area contributed by atoms with Gasteiger partial charge in [-0.3, -0.25) is 4.79 Å². The number of aliphatic hydroxyl groups is 1. The largest absolute Gasteiger partial charge is 0.479 e. The molecule has 0 spiro atoms. The number of benzene rings is 1. The predicted octanol–water partition coefficient (Wildman–Crippen LogP) is 2.00. The van der Waals surface area contributed by atoms with Crippen LogP contribution in [0.15, 0.2) is 48.7 Å². The highest BCUT2D eigenvalue weighted by molar-refractivity contribution is 6.30. The van der Waals surface area contributed by atoms with Crippen molar-refractivity contribution in [2.75, 3.05) is 0 Å². The third-order valence-corrected chi connectivity index (χ3v) is 4.17. The highest BCUT2D eigenvalue weighted by Crippen LogP contribution is 2.18. The second-order valence-electron chi connectivity index (χ2n) is 5.83. The monoisotopic (exact) mass is 373 g/mol. The standard InChI is InChI=1S/C18H16ClN3O4/c19-15-8-11-7-13(21-14(11)9-20-15)17(24)22-12(16(23)18(25)26)6-10-4-2-1-3-5-10/h1-5,7-9,12,16,21,23H,6H2,(H,22,24)(H,25,26)/t12-,16+/m1/s1. The zero-order valence-electron chi connectivity index (χ0n) is 13.5. The number of halogens is 1. The van der Waals surface area contributed by atoms with Gasteiger partial charge in [-0.15, -0.1) is 0 Å². The van der Waals surface area contributed by atoms with Gasteiger partial charge < -0.3 is 20.5 Å². The fourth-order valence-corrected chi connectivity index (χ4v) is 2.82. The molecule has 26 heavy (non-hydrogen) atoms. The third kappa shape index (κ3) is 4.01. The molecule has 2 atom stereocenters. The van der Waals surface area contributed by atoms with Gasteiger partial charge in [-0.2, -0.15) is 0 Å². The second-order valence-corrected chi connectivity index (χ2v) is 6.22. The number of hydrogen-bond donors (Lipinski definition) is 4. The molecule has 134 valence electrons. The Morgan fingerprint density at radius 1 is 1.23 bits per heavy atom. The Labute approximate surface area is 153 Å². The first-order valence-corrected chi connectivity index (χ1v) is 8.22. The number of carbonyl (C=O) groups is 2. The van der Waals surface area contributed by atoms with E-state index in [4.69, 9.17) is 16.7 Å². The van der Waals surface area contributed by atoms with Crippen LogP contribution in [-0.2, 0) is 11.2 Å². The van der Waals surface area contributed by atoms with Gasteiger partial charge in [0.05, 0.1) is 17.8 Å². The van der Waals surface area contributed by atoms with Crippen molar-refractivity contribution in [1.82, 2.24) is 15.3 Å². The number of aliphatic hydroxyl groups excluding tert-OH is 1. The number of aromatic amines is 1. The van der Waals surface area contributed by atoms with E-state index in [9.17, 15) is 14.7 Å². The molecule has 1 amide bonds. The van der Waals surface area contributed by atoms with E-state index in [1.165, 1.54) is 6.20 Å². The Bertz CT molecular complexity index is 942. The van der Waals surface area contributed by atoms with Gasteiger partial charge >= 0.3 is 5.97 Å². The van der Waals surface area contributed by atoms with E-state index in [2.05, 4.69) is 15.3 Å². The number of carbonyl (C=O) groups excluding carboxylic acids is 1. The lowest BCUT2D eigenvalue weighted by Crippen LogP contribution is -2.48. The summed E-state index contributed by atoms with van der Waals surface area (Å²) in [6.07, 6.45) is -0.0602. The van der Waals surface area contributed by atoms with Gasteiger partial charge in [-0.1, -0.05) is 41.9 Å². The minimum absolute atomic E-state index is 0.174. The van der Waals surface area contributed by atoms with Crippen LogP contribution < -0.4 is 5.32 Å². The van der Waals surface area contributed by atoms with Crippen molar-refractivity contribution in [3.63, 3.8) is 0 Å². The number of amides is 1. The molecule has 0 aliphatic heterocycles. The first-order valence-electron chi connectivity index (χ1n) is 7.84. The summed E-state index contributed by atoms with van der Waals surface area (Å²) in [4.78, 5) is 30.6. The number of pyridine rings is 1. The number of fused-ring (bicyclic) bond motifs is 1. The fraction of sp³-hybridized carbons (Fsp3) is 0.167. The van der Waals surface area contributed by atoms with Crippen LogP contribution in [-0.4, -0.2) is 44.2 Å². The summed E-state index contributed by atoms with van der Waals surface area (Å²) in [7, 11) is 0. The summed E-state index contributed by atoms with van der Waals surface area (Å²) in [6.45, 7) is 0. The molecule has 0 aliphatic rings. The van der Waals surface area contributed by atoms with Crippen molar-refractivity contribution >= 4 is 34.4 Å². The first-order chi connectivity index (χ1) is 12.4. The molecular formula is C18H16ClN3O4. The molecule has 3 rings (SSSR count). The van der Waals surface area contributed by atoms with Crippen LogP contribution in [0.4, 0.5) is 0 Å². The van der Waals surface area contributed by atoms with Crippen LogP contribution in [0.2, 0.25) is 5.15 Å². The maximum absolute atomic E-state index is 12.5. The van der Waals surface area contributed by atoms with Crippen molar-refractivity contribution in [3.05, 3.63) is 65.1 Å². The van der Waals surface area contributed by atoms with E-state index in [1.807, 2.05) is 6.07 Å². The zero-order chi connectivity index (χ0) is 18.7. The minimum atomic E-state index is -1.74. The first kappa shape index (κ1) is 17.9. The third-order valence-electron chi connectivity index (χ3n) is 3.97. The van der Waals surface area contributed by atoms with E-state index in [0.29, 0.717) is 16.1 Å². The summed E-state index contributed by atoms with van der Waals surface area (Å²) in [5.41, 5.74) is 1.64. The molecule has 0 fully saturated rings. The summed E-state index contributed by atoms with van der Waals surface area (Å²) in [5.74, 6) is -1.93. The lowest BCUT2D eigenvalue weighted by atomic mass is 10.0. The number of nitrogens with zero attached hydrogens (tertiary/aromatic N) is 1. The average Bonchev–Trinajstić information content (AvgIpc) is 3.04. The van der Waals surface area contributed by atoms with Gasteiger partial charge in [0.15, 0.2) is 6.10 Å². The maximum atomic E-state index is 12.5. The van der Waals surface area contributed by atoms with Crippen molar-refractivity contribution in [3.8, 4) is 0 Å². The number of hydrogen-bond acceptors (Lipinski definition) is 4. The summed E-state index contributed by atoms with van der Waals surface area (Å²) >= 11 is 5.83. The van der Waals surface area contributed by atoms with Crippen LogP contribution >= 0.6 is 11.6 Å². The summed E-state index contributed by atoms with van der Waals surface area (Å²) in [5, 5.41) is 22.7. The smallest absolute Gasteiger partial charge is 0.334 e. The van der Waals surface area contributed by atoms with Crippen LogP contribution in [0, 0.1) is 0 Å². The highest BCUT2D eigenvalue weighted by atomic mass is 35.5. The lowest BCUT2D eigenvalue weighted by molar-refractivity contribution is -0.148.